The average molecular weight is 475 g/mol. The van der Waals surface area contributed by atoms with E-state index in [0.717, 1.165) is 55.0 Å². The van der Waals surface area contributed by atoms with E-state index in [9.17, 15) is 4.79 Å². The molecule has 174 valence electrons. The second-order valence-corrected chi connectivity index (χ2v) is 8.85. The van der Waals surface area contributed by atoms with Gasteiger partial charge in [-0.2, -0.15) is 5.10 Å². The first-order valence-corrected chi connectivity index (χ1v) is 12.0. The molecule has 0 saturated carbocycles. The number of fused-ring (bicyclic) bond motifs is 1. The van der Waals surface area contributed by atoms with E-state index in [-0.39, 0.29) is 5.91 Å². The van der Waals surface area contributed by atoms with Crippen molar-refractivity contribution in [3.63, 3.8) is 0 Å². The van der Waals surface area contributed by atoms with E-state index in [1.165, 1.54) is 0 Å². The summed E-state index contributed by atoms with van der Waals surface area (Å²) >= 11 is 6.17. The number of likely N-dealkylation sites (N-methyl/N-ethyl adjacent to an activating group) is 1. The van der Waals surface area contributed by atoms with Crippen molar-refractivity contribution >= 4 is 34.5 Å². The molecule has 1 aliphatic heterocycles. The SMILES string of the molecule is CCNC[C@H]1CCCN1c1ccccc1NC(=O)c1ccn2ncc(-c3cccc(Cl)c3)c2n1. The summed E-state index contributed by atoms with van der Waals surface area (Å²) in [7, 11) is 0. The van der Waals surface area contributed by atoms with E-state index in [4.69, 9.17) is 11.6 Å². The Morgan fingerprint density at radius 1 is 1.18 bits per heavy atom. The zero-order chi connectivity index (χ0) is 23.5. The van der Waals surface area contributed by atoms with Crippen LogP contribution in [0, 0.1) is 0 Å². The van der Waals surface area contributed by atoms with Gasteiger partial charge in [-0.05, 0) is 55.3 Å². The van der Waals surface area contributed by atoms with Gasteiger partial charge in [-0.3, -0.25) is 4.79 Å². The lowest BCUT2D eigenvalue weighted by Crippen LogP contribution is -2.38. The molecule has 0 unspecified atom stereocenters. The molecule has 0 radical (unpaired) electrons. The van der Waals surface area contributed by atoms with Crippen LogP contribution in [0.5, 0.6) is 0 Å². The van der Waals surface area contributed by atoms with Crippen molar-refractivity contribution in [2.24, 2.45) is 0 Å². The molecule has 0 bridgehead atoms. The molecule has 1 saturated heterocycles. The number of benzene rings is 2. The monoisotopic (exact) mass is 474 g/mol. The summed E-state index contributed by atoms with van der Waals surface area (Å²) < 4.78 is 1.66. The van der Waals surface area contributed by atoms with Gasteiger partial charge in [0.15, 0.2) is 5.65 Å². The van der Waals surface area contributed by atoms with E-state index in [2.05, 4.69) is 38.6 Å². The molecule has 2 N–H and O–H groups in total. The number of anilines is 2. The summed E-state index contributed by atoms with van der Waals surface area (Å²) in [5, 5.41) is 11.6. The summed E-state index contributed by atoms with van der Waals surface area (Å²) in [4.78, 5) is 20.3. The number of aromatic nitrogens is 3. The summed E-state index contributed by atoms with van der Waals surface area (Å²) in [6.45, 7) is 4.98. The molecule has 5 rings (SSSR count). The summed E-state index contributed by atoms with van der Waals surface area (Å²) in [6.07, 6.45) is 5.78. The van der Waals surface area contributed by atoms with Crippen molar-refractivity contribution in [3.8, 4) is 11.1 Å². The highest BCUT2D eigenvalue weighted by Gasteiger charge is 2.26. The van der Waals surface area contributed by atoms with Crippen LogP contribution in [0.15, 0.2) is 67.0 Å². The molecule has 0 aliphatic carbocycles. The largest absolute Gasteiger partial charge is 0.366 e. The van der Waals surface area contributed by atoms with Gasteiger partial charge in [-0.15, -0.1) is 0 Å². The lowest BCUT2D eigenvalue weighted by atomic mass is 10.1. The second-order valence-electron chi connectivity index (χ2n) is 8.42. The standard InChI is InChI=1S/C26H27ClN6O/c1-2-28-16-20-9-6-13-32(20)24-11-4-3-10-22(24)31-26(34)23-12-14-33-25(30-23)21(17-29-33)18-7-5-8-19(27)15-18/h3-5,7-8,10-12,14-15,17,20,28H,2,6,9,13,16H2,1H3,(H,31,34)/t20-/m1/s1. The summed E-state index contributed by atoms with van der Waals surface area (Å²) in [5.74, 6) is -0.254. The van der Waals surface area contributed by atoms with Crippen molar-refractivity contribution < 1.29 is 4.79 Å². The Balaban J connectivity index is 1.42. The first kappa shape index (κ1) is 22.4. The third-order valence-electron chi connectivity index (χ3n) is 6.21. The number of carbonyl (C=O) groups excluding carboxylic acids is 1. The first-order chi connectivity index (χ1) is 16.6. The van der Waals surface area contributed by atoms with E-state index in [1.54, 1.807) is 23.0 Å². The third-order valence-corrected chi connectivity index (χ3v) is 6.44. The van der Waals surface area contributed by atoms with Gasteiger partial charge in [0.2, 0.25) is 0 Å². The van der Waals surface area contributed by atoms with Gasteiger partial charge in [0.25, 0.3) is 5.91 Å². The molecule has 0 spiro atoms. The fraction of sp³-hybridized carbons (Fsp3) is 0.269. The van der Waals surface area contributed by atoms with Crippen LogP contribution in [-0.2, 0) is 0 Å². The predicted molar refractivity (Wildman–Crippen MR) is 137 cm³/mol. The first-order valence-electron chi connectivity index (χ1n) is 11.6. The molecule has 1 fully saturated rings. The van der Waals surface area contributed by atoms with Gasteiger partial charge >= 0.3 is 0 Å². The molecule has 4 aromatic rings. The Kier molecular flexibility index (Phi) is 6.47. The zero-order valence-electron chi connectivity index (χ0n) is 19.0. The van der Waals surface area contributed by atoms with Crippen LogP contribution in [0.1, 0.15) is 30.3 Å². The minimum absolute atomic E-state index is 0.254. The highest BCUT2D eigenvalue weighted by Crippen LogP contribution is 2.32. The smallest absolute Gasteiger partial charge is 0.274 e. The van der Waals surface area contributed by atoms with Crippen molar-refractivity contribution in [2.75, 3.05) is 29.9 Å². The number of carbonyl (C=O) groups is 1. The molecule has 3 heterocycles. The molecular formula is C26H27ClN6O. The minimum atomic E-state index is -0.254. The van der Waals surface area contributed by atoms with E-state index in [0.29, 0.717) is 22.4 Å². The van der Waals surface area contributed by atoms with Gasteiger partial charge < -0.3 is 15.5 Å². The highest BCUT2D eigenvalue weighted by molar-refractivity contribution is 6.30. The quantitative estimate of drug-likeness (QED) is 0.399. The Morgan fingerprint density at radius 2 is 2.06 bits per heavy atom. The van der Waals surface area contributed by atoms with Crippen molar-refractivity contribution in [2.45, 2.75) is 25.8 Å². The number of amides is 1. The van der Waals surface area contributed by atoms with Gasteiger partial charge in [-0.1, -0.05) is 42.8 Å². The van der Waals surface area contributed by atoms with Crippen LogP contribution in [0.2, 0.25) is 5.02 Å². The molecule has 1 atom stereocenters. The summed E-state index contributed by atoms with van der Waals surface area (Å²) in [5.41, 5.74) is 4.49. The molecule has 7 nitrogen and oxygen atoms in total. The number of hydrogen-bond donors (Lipinski definition) is 2. The van der Waals surface area contributed by atoms with Gasteiger partial charge in [-0.25, -0.2) is 9.50 Å². The van der Waals surface area contributed by atoms with Crippen LogP contribution in [0.3, 0.4) is 0 Å². The van der Waals surface area contributed by atoms with Crippen molar-refractivity contribution in [3.05, 3.63) is 77.7 Å². The van der Waals surface area contributed by atoms with Gasteiger partial charge in [0.1, 0.15) is 5.69 Å². The number of nitrogens with one attached hydrogen (secondary N) is 2. The molecule has 8 heteroatoms. The fourth-order valence-electron chi connectivity index (χ4n) is 4.55. The van der Waals surface area contributed by atoms with Gasteiger partial charge in [0.05, 0.1) is 17.6 Å². The van der Waals surface area contributed by atoms with Crippen molar-refractivity contribution in [1.29, 1.82) is 0 Å². The zero-order valence-corrected chi connectivity index (χ0v) is 19.8. The number of para-hydroxylation sites is 2. The topological polar surface area (TPSA) is 74.6 Å². The third kappa shape index (κ3) is 4.49. The molecule has 2 aromatic heterocycles. The van der Waals surface area contributed by atoms with E-state index < -0.39 is 0 Å². The van der Waals surface area contributed by atoms with E-state index in [1.807, 2.05) is 42.5 Å². The fourth-order valence-corrected chi connectivity index (χ4v) is 4.74. The average Bonchev–Trinajstić information content (AvgIpc) is 3.49. The predicted octanol–water partition coefficient (Wildman–Crippen LogP) is 4.88. The number of halogens is 1. The van der Waals surface area contributed by atoms with Crippen LogP contribution in [0.25, 0.3) is 16.8 Å². The lowest BCUT2D eigenvalue weighted by Gasteiger charge is -2.29. The van der Waals surface area contributed by atoms with Crippen LogP contribution in [-0.4, -0.2) is 46.2 Å². The Labute approximate surface area is 203 Å². The number of hydrogen-bond acceptors (Lipinski definition) is 5. The maximum atomic E-state index is 13.2. The Bertz CT molecular complexity index is 1320. The van der Waals surface area contributed by atoms with E-state index >= 15 is 0 Å². The maximum absolute atomic E-state index is 13.2. The Morgan fingerprint density at radius 3 is 2.91 bits per heavy atom. The molecule has 34 heavy (non-hydrogen) atoms. The van der Waals surface area contributed by atoms with Crippen LogP contribution < -0.4 is 15.5 Å². The number of nitrogens with zero attached hydrogens (tertiary/aromatic N) is 4. The highest BCUT2D eigenvalue weighted by atomic mass is 35.5. The van der Waals surface area contributed by atoms with Crippen LogP contribution >= 0.6 is 11.6 Å². The maximum Gasteiger partial charge on any atom is 0.274 e. The van der Waals surface area contributed by atoms with Crippen LogP contribution in [0.4, 0.5) is 11.4 Å². The Hall–Kier alpha value is -3.42. The molecule has 1 amide bonds. The second kappa shape index (κ2) is 9.83. The summed E-state index contributed by atoms with van der Waals surface area (Å²) in [6, 6.07) is 17.6. The molecule has 2 aromatic carbocycles. The molecular weight excluding hydrogens is 448 g/mol. The lowest BCUT2D eigenvalue weighted by molar-refractivity contribution is 0.102. The normalized spacial score (nSPS) is 15.7. The number of rotatable bonds is 7. The minimum Gasteiger partial charge on any atom is -0.366 e. The van der Waals surface area contributed by atoms with Gasteiger partial charge in [0, 0.05) is 35.9 Å². The molecule has 1 aliphatic rings. The van der Waals surface area contributed by atoms with Crippen molar-refractivity contribution in [1.82, 2.24) is 19.9 Å².